The van der Waals surface area contributed by atoms with Crippen molar-refractivity contribution in [2.45, 2.75) is 50.7 Å². The number of anilines is 1. The van der Waals surface area contributed by atoms with Crippen molar-refractivity contribution in [3.63, 3.8) is 0 Å². The maximum Gasteiger partial charge on any atom is 0.335 e. The number of benzene rings is 2. The van der Waals surface area contributed by atoms with Crippen LogP contribution in [-0.2, 0) is 28.6 Å². The molecule has 4 atom stereocenters. The molecule has 8 nitrogen and oxygen atoms in total. The molecule has 0 N–H and O–H groups in total. The van der Waals surface area contributed by atoms with Crippen LogP contribution in [0.3, 0.4) is 0 Å². The predicted molar refractivity (Wildman–Crippen MR) is 127 cm³/mol. The van der Waals surface area contributed by atoms with Crippen LogP contribution in [0.4, 0.5) is 5.69 Å². The van der Waals surface area contributed by atoms with Gasteiger partial charge < -0.3 is 23.8 Å². The largest absolute Gasteiger partial charge is 0.467 e. The Labute approximate surface area is 205 Å². The average molecular weight is 565 g/mol. The van der Waals surface area contributed by atoms with Gasteiger partial charge in [-0.2, -0.15) is 0 Å². The highest BCUT2D eigenvalue weighted by atomic mass is 127. The minimum Gasteiger partial charge on any atom is -0.467 e. The fourth-order valence-electron chi connectivity index (χ4n) is 4.06. The third kappa shape index (κ3) is 5.47. The molecule has 4 rings (SSSR count). The summed E-state index contributed by atoms with van der Waals surface area (Å²) in [5.74, 6) is -0.340. The van der Waals surface area contributed by atoms with Crippen LogP contribution in [-0.4, -0.2) is 43.5 Å². The second-order valence-electron chi connectivity index (χ2n) is 7.93. The summed E-state index contributed by atoms with van der Waals surface area (Å²) in [6.45, 7) is 1.32. The van der Waals surface area contributed by atoms with Crippen molar-refractivity contribution in [2.75, 3.05) is 12.0 Å². The zero-order chi connectivity index (χ0) is 23.5. The summed E-state index contributed by atoms with van der Waals surface area (Å²) in [6, 6.07) is 15.2. The van der Waals surface area contributed by atoms with Crippen molar-refractivity contribution in [2.24, 2.45) is 0 Å². The van der Waals surface area contributed by atoms with Gasteiger partial charge in [0.25, 0.3) is 0 Å². The van der Waals surface area contributed by atoms with Crippen LogP contribution >= 0.6 is 22.6 Å². The lowest BCUT2D eigenvalue weighted by Gasteiger charge is -2.41. The molecule has 0 aliphatic carbocycles. The number of halogens is 1. The molecule has 2 saturated heterocycles. The molecule has 0 radical (unpaired) electrons. The molecule has 0 spiro atoms. The van der Waals surface area contributed by atoms with E-state index in [2.05, 4.69) is 22.6 Å². The van der Waals surface area contributed by atoms with Crippen molar-refractivity contribution < 1.29 is 33.3 Å². The molecule has 2 aromatic rings. The van der Waals surface area contributed by atoms with Gasteiger partial charge in [-0.15, -0.1) is 0 Å². The van der Waals surface area contributed by atoms with Gasteiger partial charge in [-0.1, -0.05) is 12.1 Å². The summed E-state index contributed by atoms with van der Waals surface area (Å²) in [7, 11) is 1.28. The average Bonchev–Trinajstić information content (AvgIpc) is 2.78. The summed E-state index contributed by atoms with van der Waals surface area (Å²) in [4.78, 5) is 37.4. The number of nitrogens with zero attached hydrogens (tertiary/aromatic N) is 1. The Kier molecular flexibility index (Phi) is 7.18. The second kappa shape index (κ2) is 10.1. The number of rotatable bonds is 6. The quantitative estimate of drug-likeness (QED) is 0.299. The summed E-state index contributed by atoms with van der Waals surface area (Å²) in [5.41, 5.74) is 1.87. The Morgan fingerprint density at radius 2 is 1.76 bits per heavy atom. The normalized spacial score (nSPS) is 24.6. The molecule has 2 aliphatic rings. The highest BCUT2D eigenvalue weighted by Gasteiger charge is 2.39. The van der Waals surface area contributed by atoms with Crippen LogP contribution in [0.25, 0.3) is 0 Å². The molecule has 1 unspecified atom stereocenters. The Balaban J connectivity index is 1.43. The number of hydrogen-bond acceptors (Lipinski definition) is 7. The molecule has 0 aromatic heterocycles. The molecule has 9 heteroatoms. The predicted octanol–water partition coefficient (Wildman–Crippen LogP) is 3.76. The van der Waals surface area contributed by atoms with Gasteiger partial charge in [0.2, 0.25) is 12.2 Å². The number of hydrogen-bond donors (Lipinski definition) is 0. The van der Waals surface area contributed by atoms with Crippen LogP contribution in [0, 0.1) is 3.57 Å². The van der Waals surface area contributed by atoms with Crippen LogP contribution < -0.4 is 9.64 Å². The third-order valence-electron chi connectivity index (χ3n) is 5.63. The van der Waals surface area contributed by atoms with Crippen molar-refractivity contribution in [1.29, 1.82) is 0 Å². The van der Waals surface area contributed by atoms with E-state index in [1.165, 1.54) is 14.0 Å². The summed E-state index contributed by atoms with van der Waals surface area (Å²) >= 11 is 2.23. The van der Waals surface area contributed by atoms with Crippen LogP contribution in [0.5, 0.6) is 5.75 Å². The van der Waals surface area contributed by atoms with Gasteiger partial charge in [-0.25, -0.2) is 4.79 Å². The van der Waals surface area contributed by atoms with Gasteiger partial charge in [0.05, 0.1) is 19.6 Å². The fraction of sp³-hybridized carbons (Fsp3) is 0.375. The lowest BCUT2D eigenvalue weighted by Crippen LogP contribution is -2.46. The first-order valence-electron chi connectivity index (χ1n) is 10.6. The van der Waals surface area contributed by atoms with E-state index in [1.807, 2.05) is 36.4 Å². The van der Waals surface area contributed by atoms with Gasteiger partial charge >= 0.3 is 11.9 Å². The third-order valence-corrected chi connectivity index (χ3v) is 6.35. The van der Waals surface area contributed by atoms with Gasteiger partial charge in [0, 0.05) is 29.0 Å². The molecule has 0 bridgehead atoms. The minimum atomic E-state index is -0.874. The summed E-state index contributed by atoms with van der Waals surface area (Å²) in [6.07, 6.45) is -1.19. The zero-order valence-electron chi connectivity index (χ0n) is 18.2. The van der Waals surface area contributed by atoms with Gasteiger partial charge in [-0.3, -0.25) is 9.59 Å². The second-order valence-corrected chi connectivity index (χ2v) is 9.17. The number of carbonyl (C=O) groups is 3. The number of amides is 1. The van der Waals surface area contributed by atoms with E-state index in [0.29, 0.717) is 18.6 Å². The van der Waals surface area contributed by atoms with E-state index in [9.17, 15) is 14.4 Å². The Morgan fingerprint density at radius 1 is 1.06 bits per heavy atom. The summed E-state index contributed by atoms with van der Waals surface area (Å²) < 4.78 is 22.8. The smallest absolute Gasteiger partial charge is 0.335 e. The van der Waals surface area contributed by atoms with E-state index in [-0.39, 0.29) is 18.4 Å². The number of esters is 2. The molecule has 0 saturated carbocycles. The van der Waals surface area contributed by atoms with E-state index in [1.54, 1.807) is 17.0 Å². The molecule has 174 valence electrons. The number of carbonyl (C=O) groups excluding carboxylic acids is 3. The molecule has 2 aliphatic heterocycles. The topological polar surface area (TPSA) is 91.4 Å². The SMILES string of the molecule is COC(=O)[C@@H]1CC(OC(C)=O)C[C@H](Oc2ccc([C@@H]3CC(=O)N3c3ccc(I)cc3)cc2)O1. The fourth-order valence-corrected chi connectivity index (χ4v) is 4.42. The number of ether oxygens (including phenoxy) is 4. The minimum absolute atomic E-state index is 0.0328. The first-order chi connectivity index (χ1) is 15.8. The Bertz CT molecular complexity index is 1020. The highest BCUT2D eigenvalue weighted by Crippen LogP contribution is 2.39. The number of methoxy groups -OCH3 is 1. The molecule has 33 heavy (non-hydrogen) atoms. The first-order valence-corrected chi connectivity index (χ1v) is 11.7. The zero-order valence-corrected chi connectivity index (χ0v) is 20.4. The monoisotopic (exact) mass is 565 g/mol. The van der Waals surface area contributed by atoms with Crippen molar-refractivity contribution in [3.8, 4) is 5.75 Å². The molecule has 2 heterocycles. The van der Waals surface area contributed by atoms with E-state index in [0.717, 1.165) is 14.8 Å². The van der Waals surface area contributed by atoms with Gasteiger partial charge in [0.1, 0.15) is 11.9 Å². The Hall–Kier alpha value is -2.66. The van der Waals surface area contributed by atoms with Crippen LogP contribution in [0.2, 0.25) is 0 Å². The summed E-state index contributed by atoms with van der Waals surface area (Å²) in [5, 5.41) is 0. The van der Waals surface area contributed by atoms with E-state index >= 15 is 0 Å². The lowest BCUT2D eigenvalue weighted by molar-refractivity contribution is -0.204. The maximum atomic E-state index is 12.3. The van der Waals surface area contributed by atoms with Gasteiger partial charge in [-0.05, 0) is 64.6 Å². The first kappa shape index (κ1) is 23.5. The van der Waals surface area contributed by atoms with E-state index < -0.39 is 30.4 Å². The van der Waals surface area contributed by atoms with E-state index in [4.69, 9.17) is 18.9 Å². The molecule has 2 aromatic carbocycles. The molecular weight excluding hydrogens is 541 g/mol. The molecule has 1 amide bonds. The molecular formula is C24H24INO7. The van der Waals surface area contributed by atoms with Crippen molar-refractivity contribution >= 4 is 46.1 Å². The molecule has 2 fully saturated rings. The number of β-lactam (4-membered cyclic amide) rings is 1. The van der Waals surface area contributed by atoms with Crippen molar-refractivity contribution in [1.82, 2.24) is 0 Å². The van der Waals surface area contributed by atoms with Crippen molar-refractivity contribution in [3.05, 3.63) is 57.7 Å². The standard InChI is InChI=1S/C24H24INO7/c1-14(27)31-19-11-21(24(29)30-2)33-23(12-19)32-18-9-3-15(4-10-18)20-13-22(28)26(20)17-7-5-16(25)6-8-17/h3-10,19-21,23H,11-13H2,1-2H3/t19?,20-,21-,23+/m0/s1. The maximum absolute atomic E-state index is 12.3. The van der Waals surface area contributed by atoms with Crippen LogP contribution in [0.1, 0.15) is 37.8 Å². The Morgan fingerprint density at radius 3 is 2.36 bits per heavy atom. The van der Waals surface area contributed by atoms with Gasteiger partial charge in [0.15, 0.2) is 6.10 Å². The highest BCUT2D eigenvalue weighted by molar-refractivity contribution is 14.1. The lowest BCUT2D eigenvalue weighted by atomic mass is 9.93. The van der Waals surface area contributed by atoms with Crippen LogP contribution in [0.15, 0.2) is 48.5 Å².